The van der Waals surface area contributed by atoms with Gasteiger partial charge in [-0.05, 0) is 6.07 Å². The summed E-state index contributed by atoms with van der Waals surface area (Å²) < 4.78 is 1.66. The molecule has 0 bridgehead atoms. The predicted octanol–water partition coefficient (Wildman–Crippen LogP) is 1.26. The van der Waals surface area contributed by atoms with Gasteiger partial charge >= 0.3 is 0 Å². The Balaban J connectivity index is 2.27. The molecular formula is C12H9N3O2S. The van der Waals surface area contributed by atoms with E-state index in [1.807, 2.05) is 7.05 Å². The van der Waals surface area contributed by atoms with Crippen molar-refractivity contribution in [3.8, 4) is 11.8 Å². The summed E-state index contributed by atoms with van der Waals surface area (Å²) in [6.45, 7) is 0. The molecule has 0 saturated heterocycles. The molecule has 0 saturated carbocycles. The lowest BCUT2D eigenvalue weighted by Crippen LogP contribution is -1.93. The SMILES string of the molecule is Cn1cc(C#Cc2cc(NC=O)c(C=O)s2)cn1. The highest BCUT2D eigenvalue weighted by molar-refractivity contribution is 7.14. The van der Waals surface area contributed by atoms with Gasteiger partial charge in [0.15, 0.2) is 6.29 Å². The molecule has 2 aromatic rings. The molecule has 0 aromatic carbocycles. The van der Waals surface area contributed by atoms with Crippen LogP contribution in [-0.2, 0) is 11.8 Å². The molecule has 0 fully saturated rings. The molecule has 1 N–H and O–H groups in total. The van der Waals surface area contributed by atoms with Gasteiger partial charge in [0.1, 0.15) is 0 Å². The molecule has 1 amide bonds. The number of carbonyl (C=O) groups is 2. The van der Waals surface area contributed by atoms with E-state index in [2.05, 4.69) is 22.3 Å². The zero-order chi connectivity index (χ0) is 13.0. The molecule has 2 rings (SSSR count). The number of hydrogen-bond donors (Lipinski definition) is 1. The summed E-state index contributed by atoms with van der Waals surface area (Å²) in [6.07, 6.45) is 4.69. The zero-order valence-corrected chi connectivity index (χ0v) is 10.3. The lowest BCUT2D eigenvalue weighted by atomic mass is 10.3. The van der Waals surface area contributed by atoms with Crippen LogP contribution in [0.4, 0.5) is 5.69 Å². The molecule has 0 unspecified atom stereocenters. The summed E-state index contributed by atoms with van der Waals surface area (Å²) in [5.74, 6) is 5.86. The first-order chi connectivity index (χ1) is 8.72. The number of nitrogens with one attached hydrogen (secondary N) is 1. The number of nitrogens with zero attached hydrogens (tertiary/aromatic N) is 2. The molecule has 18 heavy (non-hydrogen) atoms. The topological polar surface area (TPSA) is 64.0 Å². The van der Waals surface area contributed by atoms with E-state index >= 15 is 0 Å². The second-order valence-electron chi connectivity index (χ2n) is 3.42. The lowest BCUT2D eigenvalue weighted by molar-refractivity contribution is -0.105. The minimum Gasteiger partial charge on any atom is -0.327 e. The second-order valence-corrected chi connectivity index (χ2v) is 4.51. The van der Waals surface area contributed by atoms with Crippen LogP contribution in [-0.4, -0.2) is 22.5 Å². The molecule has 5 nitrogen and oxygen atoms in total. The van der Waals surface area contributed by atoms with Crippen LogP contribution in [0.25, 0.3) is 0 Å². The highest BCUT2D eigenvalue weighted by Gasteiger charge is 2.06. The highest BCUT2D eigenvalue weighted by Crippen LogP contribution is 2.24. The molecule has 0 aliphatic rings. The van der Waals surface area contributed by atoms with E-state index in [4.69, 9.17) is 0 Å². The average molecular weight is 259 g/mol. The Morgan fingerprint density at radius 2 is 2.28 bits per heavy atom. The van der Waals surface area contributed by atoms with Crippen LogP contribution in [0.15, 0.2) is 18.5 Å². The Hall–Kier alpha value is -2.39. The molecule has 0 aliphatic heterocycles. The third kappa shape index (κ3) is 2.64. The van der Waals surface area contributed by atoms with E-state index in [9.17, 15) is 9.59 Å². The van der Waals surface area contributed by atoms with Crippen molar-refractivity contribution in [2.45, 2.75) is 0 Å². The molecule has 0 spiro atoms. The van der Waals surface area contributed by atoms with Gasteiger partial charge in [-0.15, -0.1) is 11.3 Å². The molecular weight excluding hydrogens is 250 g/mol. The third-order valence-electron chi connectivity index (χ3n) is 2.12. The van der Waals surface area contributed by atoms with Crippen molar-refractivity contribution in [1.82, 2.24) is 9.78 Å². The predicted molar refractivity (Wildman–Crippen MR) is 68.6 cm³/mol. The number of rotatable bonds is 3. The smallest absolute Gasteiger partial charge is 0.211 e. The van der Waals surface area contributed by atoms with Gasteiger partial charge in [0, 0.05) is 13.2 Å². The van der Waals surface area contributed by atoms with Crippen molar-refractivity contribution in [1.29, 1.82) is 0 Å². The van der Waals surface area contributed by atoms with Gasteiger partial charge in [-0.2, -0.15) is 5.10 Å². The minimum absolute atomic E-state index is 0.456. The van der Waals surface area contributed by atoms with Gasteiger partial charge in [0.25, 0.3) is 0 Å². The van der Waals surface area contributed by atoms with Crippen LogP contribution in [0.5, 0.6) is 0 Å². The number of carbonyl (C=O) groups excluding carboxylic acids is 2. The Kier molecular flexibility index (Phi) is 3.55. The Labute approximate surface area is 107 Å². The Morgan fingerprint density at radius 1 is 1.44 bits per heavy atom. The summed E-state index contributed by atoms with van der Waals surface area (Å²) in [4.78, 5) is 22.3. The quantitative estimate of drug-likeness (QED) is 0.666. The van der Waals surface area contributed by atoms with Crippen LogP contribution < -0.4 is 5.32 Å². The molecule has 90 valence electrons. The van der Waals surface area contributed by atoms with Gasteiger partial charge in [0.2, 0.25) is 6.41 Å². The van der Waals surface area contributed by atoms with E-state index < -0.39 is 0 Å². The molecule has 2 aromatic heterocycles. The number of aromatic nitrogens is 2. The third-order valence-corrected chi connectivity index (χ3v) is 3.09. The van der Waals surface area contributed by atoms with Crippen LogP contribution in [0.3, 0.4) is 0 Å². The zero-order valence-electron chi connectivity index (χ0n) is 9.51. The average Bonchev–Trinajstić information content (AvgIpc) is 2.93. The summed E-state index contributed by atoms with van der Waals surface area (Å²) in [5.41, 5.74) is 1.28. The van der Waals surface area contributed by atoms with Crippen molar-refractivity contribution < 1.29 is 9.59 Å². The van der Waals surface area contributed by atoms with Gasteiger partial charge < -0.3 is 5.32 Å². The summed E-state index contributed by atoms with van der Waals surface area (Å²) >= 11 is 1.24. The lowest BCUT2D eigenvalue weighted by Gasteiger charge is -1.90. The van der Waals surface area contributed by atoms with Crippen molar-refractivity contribution in [3.63, 3.8) is 0 Å². The molecule has 0 aliphatic carbocycles. The maximum atomic E-state index is 10.8. The fourth-order valence-corrected chi connectivity index (χ4v) is 2.14. The fourth-order valence-electron chi connectivity index (χ4n) is 1.35. The van der Waals surface area contributed by atoms with Gasteiger partial charge in [-0.1, -0.05) is 11.8 Å². The number of hydrogen-bond acceptors (Lipinski definition) is 4. The monoisotopic (exact) mass is 259 g/mol. The second kappa shape index (κ2) is 5.29. The maximum Gasteiger partial charge on any atom is 0.211 e. The van der Waals surface area contributed by atoms with Crippen molar-refractivity contribution >= 4 is 29.7 Å². The van der Waals surface area contributed by atoms with Gasteiger partial charge in [0.05, 0.1) is 27.2 Å². The molecule has 2 heterocycles. The van der Waals surface area contributed by atoms with Gasteiger partial charge in [-0.3, -0.25) is 14.3 Å². The summed E-state index contributed by atoms with van der Waals surface area (Å²) in [6, 6.07) is 1.67. The molecule has 0 radical (unpaired) electrons. The largest absolute Gasteiger partial charge is 0.327 e. The number of aldehydes is 1. The Morgan fingerprint density at radius 3 is 2.89 bits per heavy atom. The van der Waals surface area contributed by atoms with Crippen LogP contribution in [0, 0.1) is 11.8 Å². The normalized spacial score (nSPS) is 9.39. The van der Waals surface area contributed by atoms with E-state index in [0.29, 0.717) is 28.1 Å². The Bertz CT molecular complexity index is 646. The number of anilines is 1. The van der Waals surface area contributed by atoms with Crippen LogP contribution in [0.2, 0.25) is 0 Å². The van der Waals surface area contributed by atoms with Crippen LogP contribution >= 0.6 is 11.3 Å². The van der Waals surface area contributed by atoms with Crippen LogP contribution in [0.1, 0.15) is 20.1 Å². The number of aryl methyl sites for hydroxylation is 1. The van der Waals surface area contributed by atoms with Crippen molar-refractivity contribution in [2.24, 2.45) is 7.05 Å². The summed E-state index contributed by atoms with van der Waals surface area (Å²) in [5, 5.41) is 6.46. The molecule has 6 heteroatoms. The first kappa shape index (κ1) is 12.1. The molecule has 0 atom stereocenters. The fraction of sp³-hybridized carbons (Fsp3) is 0.0833. The first-order valence-corrected chi connectivity index (χ1v) is 5.84. The van der Waals surface area contributed by atoms with Crippen molar-refractivity contribution in [3.05, 3.63) is 33.8 Å². The van der Waals surface area contributed by atoms with E-state index in [1.165, 1.54) is 11.3 Å². The van der Waals surface area contributed by atoms with E-state index in [1.54, 1.807) is 23.1 Å². The summed E-state index contributed by atoms with van der Waals surface area (Å²) in [7, 11) is 1.81. The highest BCUT2D eigenvalue weighted by atomic mass is 32.1. The standard InChI is InChI=1S/C12H9N3O2S/c1-15-6-9(5-14-15)2-3-10-4-11(13-8-17)12(7-16)18-10/h4-8H,1H3,(H,13,17). The number of amides is 1. The van der Waals surface area contributed by atoms with E-state index in [0.717, 1.165) is 5.56 Å². The van der Waals surface area contributed by atoms with Crippen molar-refractivity contribution in [2.75, 3.05) is 5.32 Å². The van der Waals surface area contributed by atoms with Gasteiger partial charge in [-0.25, -0.2) is 0 Å². The number of thiophene rings is 1. The first-order valence-electron chi connectivity index (χ1n) is 5.03. The maximum absolute atomic E-state index is 10.8. The van der Waals surface area contributed by atoms with E-state index in [-0.39, 0.29) is 0 Å². The minimum atomic E-state index is 0.456.